The lowest BCUT2D eigenvalue weighted by Gasteiger charge is -2.45. The minimum absolute atomic E-state index is 0.0292. The molecule has 1 aromatic heterocycles. The summed E-state index contributed by atoms with van der Waals surface area (Å²) in [6.45, 7) is 9.57. The minimum Gasteiger partial charge on any atom is -0.459 e. The zero-order valence-electron chi connectivity index (χ0n) is 17.4. The highest BCUT2D eigenvalue weighted by Crippen LogP contribution is 2.42. The third kappa shape index (κ3) is 4.84. The quantitative estimate of drug-likeness (QED) is 0.766. The Balaban J connectivity index is 1.71. The second-order valence-electron chi connectivity index (χ2n) is 8.81. The molecule has 0 aliphatic carbocycles. The normalized spacial score (nSPS) is 19.8. The van der Waals surface area contributed by atoms with Crippen LogP contribution < -0.4 is 5.32 Å². The summed E-state index contributed by atoms with van der Waals surface area (Å²) in [5.41, 5.74) is 1.16. The van der Waals surface area contributed by atoms with Gasteiger partial charge in [0.2, 0.25) is 5.91 Å². The Morgan fingerprint density at radius 3 is 2.45 bits per heavy atom. The molecule has 1 aliphatic rings. The van der Waals surface area contributed by atoms with Crippen LogP contribution in [0.4, 0.5) is 0 Å². The van der Waals surface area contributed by atoms with E-state index in [2.05, 4.69) is 31.3 Å². The molecule has 156 valence electrons. The first kappa shape index (κ1) is 21.4. The zero-order valence-corrected chi connectivity index (χ0v) is 18.2. The lowest BCUT2D eigenvalue weighted by atomic mass is 9.70. The van der Waals surface area contributed by atoms with Crippen molar-refractivity contribution >= 4 is 23.4 Å². The van der Waals surface area contributed by atoms with Crippen LogP contribution in [0.5, 0.6) is 0 Å². The molecule has 29 heavy (non-hydrogen) atoms. The van der Waals surface area contributed by atoms with E-state index in [-0.39, 0.29) is 28.9 Å². The molecule has 0 bridgehead atoms. The van der Waals surface area contributed by atoms with Gasteiger partial charge in [0.1, 0.15) is 6.04 Å². The van der Waals surface area contributed by atoms with Crippen molar-refractivity contribution in [1.29, 1.82) is 0 Å². The maximum atomic E-state index is 13.3. The molecule has 2 heterocycles. The Hall–Kier alpha value is -2.27. The van der Waals surface area contributed by atoms with Gasteiger partial charge in [-0.15, -0.1) is 0 Å². The van der Waals surface area contributed by atoms with Gasteiger partial charge in [-0.3, -0.25) is 9.59 Å². The number of amides is 2. The maximum Gasteiger partial charge on any atom is 0.287 e. The van der Waals surface area contributed by atoms with E-state index >= 15 is 0 Å². The summed E-state index contributed by atoms with van der Waals surface area (Å²) >= 11 is 6.04. The smallest absolute Gasteiger partial charge is 0.287 e. The van der Waals surface area contributed by atoms with Crippen LogP contribution in [0.1, 0.15) is 56.2 Å². The van der Waals surface area contributed by atoms with Crippen LogP contribution in [-0.2, 0) is 4.79 Å². The van der Waals surface area contributed by atoms with E-state index in [4.69, 9.17) is 16.0 Å². The second-order valence-corrected chi connectivity index (χ2v) is 9.25. The van der Waals surface area contributed by atoms with Gasteiger partial charge in [-0.1, -0.05) is 51.4 Å². The molecule has 0 radical (unpaired) electrons. The summed E-state index contributed by atoms with van der Waals surface area (Å²) in [6.07, 6.45) is 2.32. The number of rotatable bonds is 5. The topological polar surface area (TPSA) is 62.6 Å². The Labute approximate surface area is 177 Å². The molecule has 1 saturated heterocycles. The van der Waals surface area contributed by atoms with Gasteiger partial charge in [-0.05, 0) is 53.5 Å². The van der Waals surface area contributed by atoms with Crippen LogP contribution in [-0.4, -0.2) is 35.8 Å². The molecule has 2 aromatic rings. The van der Waals surface area contributed by atoms with E-state index in [9.17, 15) is 9.59 Å². The third-order valence-electron chi connectivity index (χ3n) is 5.78. The van der Waals surface area contributed by atoms with Crippen molar-refractivity contribution in [2.45, 2.75) is 46.1 Å². The van der Waals surface area contributed by atoms with Gasteiger partial charge in [0.15, 0.2) is 5.76 Å². The lowest BCUT2D eigenvalue weighted by Crippen LogP contribution is -2.55. The first-order chi connectivity index (χ1) is 13.7. The predicted molar refractivity (Wildman–Crippen MR) is 114 cm³/mol. The molecule has 2 atom stereocenters. The van der Waals surface area contributed by atoms with Gasteiger partial charge in [0.25, 0.3) is 5.91 Å². The third-order valence-corrected chi connectivity index (χ3v) is 6.03. The molecular formula is C23H29ClN2O3. The fourth-order valence-corrected chi connectivity index (χ4v) is 4.31. The van der Waals surface area contributed by atoms with Crippen LogP contribution in [0.15, 0.2) is 47.1 Å². The molecule has 2 amide bonds. The number of hydrogen-bond donors (Lipinski definition) is 1. The molecule has 6 heteroatoms. The van der Waals surface area contributed by atoms with Gasteiger partial charge >= 0.3 is 0 Å². The lowest BCUT2D eigenvalue weighted by molar-refractivity contribution is -0.137. The number of likely N-dealkylation sites (tertiary alicyclic amines) is 1. The number of carbonyl (C=O) groups excluding carboxylic acids is 2. The van der Waals surface area contributed by atoms with E-state index in [0.29, 0.717) is 19.0 Å². The van der Waals surface area contributed by atoms with Crippen molar-refractivity contribution in [1.82, 2.24) is 10.2 Å². The zero-order chi connectivity index (χ0) is 21.2. The number of carbonyl (C=O) groups is 2. The van der Waals surface area contributed by atoms with E-state index < -0.39 is 6.04 Å². The molecule has 1 N–H and O–H groups in total. The number of piperidine rings is 1. The minimum atomic E-state index is -0.588. The van der Waals surface area contributed by atoms with Crippen molar-refractivity contribution in [3.63, 3.8) is 0 Å². The molecule has 0 unspecified atom stereocenters. The molecule has 3 rings (SSSR count). The van der Waals surface area contributed by atoms with E-state index in [0.717, 1.165) is 11.4 Å². The Morgan fingerprint density at radius 2 is 1.90 bits per heavy atom. The predicted octanol–water partition coefficient (Wildman–Crippen LogP) is 4.73. The van der Waals surface area contributed by atoms with Crippen LogP contribution in [0.25, 0.3) is 0 Å². The van der Waals surface area contributed by atoms with E-state index in [1.54, 1.807) is 12.1 Å². The molecular weight excluding hydrogens is 388 g/mol. The van der Waals surface area contributed by atoms with E-state index in [1.165, 1.54) is 11.8 Å². The summed E-state index contributed by atoms with van der Waals surface area (Å²) < 4.78 is 5.16. The largest absolute Gasteiger partial charge is 0.459 e. The summed E-state index contributed by atoms with van der Waals surface area (Å²) in [5, 5.41) is 3.58. The van der Waals surface area contributed by atoms with Gasteiger partial charge in [0, 0.05) is 18.1 Å². The Morgan fingerprint density at radius 1 is 1.21 bits per heavy atom. The maximum absolute atomic E-state index is 13.3. The van der Waals surface area contributed by atoms with Crippen molar-refractivity contribution < 1.29 is 14.0 Å². The standard InChI is InChI=1S/C23H29ClN2O3/c1-15(2)20(25-21(27)19-6-5-13-29-19)22(28)26-12-11-18(23(3,4)14-26)16-7-9-17(24)10-8-16/h5-10,13,15,18,20H,11-12,14H2,1-4H3,(H,25,27)/t18-,20-/m1/s1. The molecule has 0 spiro atoms. The second kappa shape index (κ2) is 8.62. The van der Waals surface area contributed by atoms with Crippen LogP contribution >= 0.6 is 11.6 Å². The summed E-state index contributed by atoms with van der Waals surface area (Å²) in [7, 11) is 0. The Kier molecular flexibility index (Phi) is 6.37. The summed E-state index contributed by atoms with van der Waals surface area (Å²) in [6, 6.07) is 10.7. The first-order valence-electron chi connectivity index (χ1n) is 10.1. The number of halogens is 1. The number of hydrogen-bond acceptors (Lipinski definition) is 3. The van der Waals surface area contributed by atoms with Gasteiger partial charge in [0.05, 0.1) is 6.26 Å². The van der Waals surface area contributed by atoms with Crippen LogP contribution in [0.3, 0.4) is 0 Å². The van der Waals surface area contributed by atoms with Crippen molar-refractivity contribution in [3.8, 4) is 0 Å². The molecule has 1 fully saturated rings. The molecule has 1 aliphatic heterocycles. The van der Waals surface area contributed by atoms with Crippen molar-refractivity contribution in [2.24, 2.45) is 11.3 Å². The monoisotopic (exact) mass is 416 g/mol. The van der Waals surface area contributed by atoms with E-state index in [1.807, 2.05) is 30.9 Å². The molecule has 5 nitrogen and oxygen atoms in total. The number of benzene rings is 1. The van der Waals surface area contributed by atoms with Gasteiger partial charge in [-0.2, -0.15) is 0 Å². The van der Waals surface area contributed by atoms with Crippen LogP contribution in [0, 0.1) is 11.3 Å². The molecule has 1 aromatic carbocycles. The SMILES string of the molecule is CC(C)[C@@H](NC(=O)c1ccco1)C(=O)N1CC[C@H](c2ccc(Cl)cc2)C(C)(C)C1. The summed E-state index contributed by atoms with van der Waals surface area (Å²) in [4.78, 5) is 27.6. The van der Waals surface area contributed by atoms with Gasteiger partial charge in [-0.25, -0.2) is 0 Å². The van der Waals surface area contributed by atoms with Gasteiger partial charge < -0.3 is 14.6 Å². The number of nitrogens with zero attached hydrogens (tertiary/aromatic N) is 1. The highest BCUT2D eigenvalue weighted by Gasteiger charge is 2.40. The van der Waals surface area contributed by atoms with Crippen LogP contribution in [0.2, 0.25) is 5.02 Å². The van der Waals surface area contributed by atoms with Crippen molar-refractivity contribution in [2.75, 3.05) is 13.1 Å². The summed E-state index contributed by atoms with van der Waals surface area (Å²) in [5.74, 6) is 0.127. The van der Waals surface area contributed by atoms with Crippen molar-refractivity contribution in [3.05, 3.63) is 59.0 Å². The average molecular weight is 417 g/mol. The Bertz CT molecular complexity index is 844. The highest BCUT2D eigenvalue weighted by molar-refractivity contribution is 6.30. The fourth-order valence-electron chi connectivity index (χ4n) is 4.19. The first-order valence-corrected chi connectivity index (χ1v) is 10.5. The highest BCUT2D eigenvalue weighted by atomic mass is 35.5. The average Bonchev–Trinajstić information content (AvgIpc) is 3.20. The fraction of sp³-hybridized carbons (Fsp3) is 0.478. The number of furan rings is 1. The molecule has 0 saturated carbocycles. The number of nitrogens with one attached hydrogen (secondary N) is 1.